The van der Waals surface area contributed by atoms with Crippen LogP contribution in [0.25, 0.3) is 0 Å². The van der Waals surface area contributed by atoms with Gasteiger partial charge in [0.1, 0.15) is 11.7 Å². The number of hydrogen-bond donors (Lipinski definition) is 3. The number of ketones is 1. The summed E-state index contributed by atoms with van der Waals surface area (Å²) in [4.78, 5) is 28.3. The summed E-state index contributed by atoms with van der Waals surface area (Å²) in [5, 5.41) is 13.9. The van der Waals surface area contributed by atoms with Gasteiger partial charge >= 0.3 is 12.2 Å². The van der Waals surface area contributed by atoms with Crippen LogP contribution in [-0.2, 0) is 0 Å². The van der Waals surface area contributed by atoms with E-state index in [1.54, 1.807) is 0 Å². The van der Waals surface area contributed by atoms with E-state index in [1.807, 2.05) is 0 Å². The van der Waals surface area contributed by atoms with Crippen molar-refractivity contribution in [1.29, 1.82) is 0 Å². The molecule has 1 saturated heterocycles. The van der Waals surface area contributed by atoms with Crippen molar-refractivity contribution < 1.29 is 32.3 Å². The summed E-state index contributed by atoms with van der Waals surface area (Å²) < 4.78 is 54.6. The Morgan fingerprint density at radius 1 is 1.22 bits per heavy atom. The lowest BCUT2D eigenvalue weighted by atomic mass is 9.77. The zero-order valence-corrected chi connectivity index (χ0v) is 13.5. The maximum atomic E-state index is 13.7. The number of nitrogens with zero attached hydrogens (tertiary/aromatic N) is 1. The largest absolute Gasteiger partial charge is 0.437 e. The van der Waals surface area contributed by atoms with Gasteiger partial charge in [0.05, 0.1) is 6.04 Å². The highest BCUT2D eigenvalue weighted by Gasteiger charge is 2.66. The maximum Gasteiger partial charge on any atom is 0.437 e. The minimum atomic E-state index is -5.38. The van der Waals surface area contributed by atoms with Gasteiger partial charge in [-0.3, -0.25) is 9.78 Å². The Bertz CT molecular complexity index is 875. The molecular weight excluding hydrogens is 370 g/mol. The molecule has 6 nitrogen and oxygen atoms in total. The van der Waals surface area contributed by atoms with E-state index >= 15 is 0 Å². The first-order valence-electron chi connectivity index (χ1n) is 7.71. The average molecular weight is 383 g/mol. The Labute approximate surface area is 150 Å². The highest BCUT2D eigenvalue weighted by atomic mass is 19.4. The van der Waals surface area contributed by atoms with Crippen LogP contribution in [0.3, 0.4) is 0 Å². The molecule has 142 valence electrons. The van der Waals surface area contributed by atoms with Crippen molar-refractivity contribution in [2.24, 2.45) is 5.92 Å². The number of amides is 2. The molecule has 0 unspecified atom stereocenters. The second-order valence-corrected chi connectivity index (χ2v) is 5.98. The molecule has 2 heterocycles. The van der Waals surface area contributed by atoms with Crippen molar-refractivity contribution in [3.8, 4) is 0 Å². The SMILES string of the molecule is O=C1N[C@H](c2cccc(F)c2)[C@H](C(=O)c2cccnc2)[C@](O)(C(F)(F)F)N1. The van der Waals surface area contributed by atoms with Crippen molar-refractivity contribution >= 4 is 11.8 Å². The van der Waals surface area contributed by atoms with Crippen LogP contribution in [0, 0.1) is 11.7 Å². The Kier molecular flexibility index (Phi) is 4.60. The number of benzene rings is 1. The standard InChI is InChI=1S/C17H13F4N3O3/c18-11-5-1-3-9(7-11)13-12(14(25)10-4-2-6-22-8-10)16(27,17(19,20)21)24-15(26)23-13/h1-8,12-13,27H,(H2,23,24,26)/t12-,13-,16+/m1/s1. The zero-order valence-electron chi connectivity index (χ0n) is 13.5. The molecular formula is C17H13F4N3O3. The number of halogens is 4. The van der Waals surface area contributed by atoms with Crippen LogP contribution in [0.1, 0.15) is 22.0 Å². The molecule has 0 aliphatic carbocycles. The molecule has 1 aliphatic rings. The lowest BCUT2D eigenvalue weighted by Crippen LogP contribution is -2.72. The molecule has 27 heavy (non-hydrogen) atoms. The summed E-state index contributed by atoms with van der Waals surface area (Å²) >= 11 is 0. The minimum Gasteiger partial charge on any atom is -0.363 e. The van der Waals surface area contributed by atoms with Gasteiger partial charge in [-0.25, -0.2) is 9.18 Å². The van der Waals surface area contributed by atoms with Gasteiger partial charge in [-0.05, 0) is 29.8 Å². The Morgan fingerprint density at radius 2 is 1.96 bits per heavy atom. The summed E-state index contributed by atoms with van der Waals surface area (Å²) in [5.74, 6) is -4.12. The molecule has 1 aromatic heterocycles. The molecule has 0 radical (unpaired) electrons. The van der Waals surface area contributed by atoms with E-state index in [2.05, 4.69) is 10.3 Å². The third-order valence-electron chi connectivity index (χ3n) is 4.24. The molecule has 3 atom stereocenters. The van der Waals surface area contributed by atoms with Gasteiger partial charge in [0.15, 0.2) is 5.78 Å². The van der Waals surface area contributed by atoms with E-state index in [-0.39, 0.29) is 11.1 Å². The smallest absolute Gasteiger partial charge is 0.363 e. The number of urea groups is 1. The van der Waals surface area contributed by atoms with Crippen LogP contribution in [0.5, 0.6) is 0 Å². The van der Waals surface area contributed by atoms with Gasteiger partial charge in [-0.1, -0.05) is 12.1 Å². The predicted octanol–water partition coefficient (Wildman–Crippen LogP) is 2.32. The highest BCUT2D eigenvalue weighted by Crippen LogP contribution is 2.43. The molecule has 3 N–H and O–H groups in total. The van der Waals surface area contributed by atoms with Gasteiger partial charge in [0.2, 0.25) is 5.72 Å². The zero-order chi connectivity index (χ0) is 19.8. The van der Waals surface area contributed by atoms with Gasteiger partial charge < -0.3 is 15.7 Å². The monoisotopic (exact) mass is 383 g/mol. The summed E-state index contributed by atoms with van der Waals surface area (Å²) in [5.41, 5.74) is -4.17. The van der Waals surface area contributed by atoms with Crippen molar-refractivity contribution in [3.63, 3.8) is 0 Å². The molecule has 0 spiro atoms. The van der Waals surface area contributed by atoms with Crippen LogP contribution in [0.4, 0.5) is 22.4 Å². The number of pyridine rings is 1. The predicted molar refractivity (Wildman–Crippen MR) is 83.9 cm³/mol. The fourth-order valence-corrected chi connectivity index (χ4v) is 3.00. The van der Waals surface area contributed by atoms with Gasteiger partial charge in [0, 0.05) is 18.0 Å². The minimum absolute atomic E-state index is 0.102. The van der Waals surface area contributed by atoms with Gasteiger partial charge in [0.25, 0.3) is 0 Å². The van der Waals surface area contributed by atoms with E-state index in [1.165, 1.54) is 35.8 Å². The fraction of sp³-hybridized carbons (Fsp3) is 0.235. The number of hydrogen-bond acceptors (Lipinski definition) is 4. The quantitative estimate of drug-likeness (QED) is 0.561. The average Bonchev–Trinajstić information content (AvgIpc) is 2.60. The third-order valence-corrected chi connectivity index (χ3v) is 4.24. The topological polar surface area (TPSA) is 91.3 Å². The fourth-order valence-electron chi connectivity index (χ4n) is 3.00. The molecule has 10 heteroatoms. The molecule has 2 amide bonds. The molecule has 3 rings (SSSR count). The lowest BCUT2D eigenvalue weighted by molar-refractivity contribution is -0.287. The summed E-state index contributed by atoms with van der Waals surface area (Å²) in [7, 11) is 0. The molecule has 1 fully saturated rings. The van der Waals surface area contributed by atoms with Gasteiger partial charge in [-0.2, -0.15) is 13.2 Å². The second kappa shape index (κ2) is 6.62. The van der Waals surface area contributed by atoms with Crippen molar-refractivity contribution in [2.45, 2.75) is 17.9 Å². The van der Waals surface area contributed by atoms with Crippen LogP contribution in [-0.4, -0.2) is 33.8 Å². The first-order chi connectivity index (χ1) is 12.6. The molecule has 1 aromatic carbocycles. The van der Waals surface area contributed by atoms with Crippen LogP contribution < -0.4 is 10.6 Å². The van der Waals surface area contributed by atoms with Gasteiger partial charge in [-0.15, -0.1) is 0 Å². The van der Waals surface area contributed by atoms with Crippen LogP contribution in [0.2, 0.25) is 0 Å². The van der Waals surface area contributed by atoms with Crippen molar-refractivity contribution in [1.82, 2.24) is 15.6 Å². The first-order valence-corrected chi connectivity index (χ1v) is 7.71. The van der Waals surface area contributed by atoms with E-state index < -0.39 is 41.5 Å². The Hall–Kier alpha value is -3.01. The Balaban J connectivity index is 2.17. The number of nitrogens with one attached hydrogen (secondary N) is 2. The van der Waals surface area contributed by atoms with Crippen LogP contribution in [0.15, 0.2) is 48.8 Å². The summed E-state index contributed by atoms with van der Waals surface area (Å²) in [6.45, 7) is 0. The highest BCUT2D eigenvalue weighted by molar-refractivity contribution is 6.00. The van der Waals surface area contributed by atoms with E-state index in [0.29, 0.717) is 0 Å². The number of carbonyl (C=O) groups excluding carboxylic acids is 2. The number of Topliss-reactive ketones (excluding diaryl/α,β-unsaturated/α-hetero) is 1. The van der Waals surface area contributed by atoms with Crippen LogP contribution >= 0.6 is 0 Å². The number of carbonyl (C=O) groups is 2. The molecule has 1 aliphatic heterocycles. The number of aliphatic hydroxyl groups is 1. The first kappa shape index (κ1) is 18.8. The number of rotatable bonds is 3. The Morgan fingerprint density at radius 3 is 2.56 bits per heavy atom. The van der Waals surface area contributed by atoms with E-state index in [4.69, 9.17) is 0 Å². The summed E-state index contributed by atoms with van der Waals surface area (Å²) in [6.07, 6.45) is -3.02. The number of alkyl halides is 3. The normalized spacial score (nSPS) is 25.4. The van der Waals surface area contributed by atoms with E-state index in [9.17, 15) is 32.3 Å². The number of aromatic nitrogens is 1. The van der Waals surface area contributed by atoms with Crippen molar-refractivity contribution in [3.05, 3.63) is 65.7 Å². The molecule has 2 aromatic rings. The third kappa shape index (κ3) is 3.35. The lowest BCUT2D eigenvalue weighted by Gasteiger charge is -2.45. The summed E-state index contributed by atoms with van der Waals surface area (Å²) in [6, 6.07) is 4.00. The van der Waals surface area contributed by atoms with E-state index in [0.717, 1.165) is 18.3 Å². The molecule has 0 saturated carbocycles. The maximum absolute atomic E-state index is 13.7. The molecule has 0 bridgehead atoms. The second-order valence-electron chi connectivity index (χ2n) is 5.98. The van der Waals surface area contributed by atoms with Crippen molar-refractivity contribution in [2.75, 3.05) is 0 Å².